The summed E-state index contributed by atoms with van der Waals surface area (Å²) in [6.07, 6.45) is 9.34. The summed E-state index contributed by atoms with van der Waals surface area (Å²) in [6, 6.07) is 7.35. The Morgan fingerprint density at radius 1 is 0.862 bits per heavy atom. The van der Waals surface area contributed by atoms with Crippen molar-refractivity contribution in [3.05, 3.63) is 24.3 Å². The molecule has 0 bridgehead atoms. The topological polar surface area (TPSA) is 87.5 Å². The first-order valence-electron chi connectivity index (χ1n) is 10.3. The lowest BCUT2D eigenvalue weighted by molar-refractivity contribution is -0.117. The van der Waals surface area contributed by atoms with Crippen molar-refractivity contribution in [1.82, 2.24) is 4.90 Å². The number of carbonyl (C=O) groups excluding carboxylic acids is 2. The van der Waals surface area contributed by atoms with E-state index in [0.717, 1.165) is 50.1 Å². The average molecular weight is 447 g/mol. The molecule has 6 nitrogen and oxygen atoms in total. The monoisotopic (exact) mass is 446 g/mol. The Bertz CT molecular complexity index is 594. The third-order valence-corrected chi connectivity index (χ3v) is 4.85. The largest absolute Gasteiger partial charge is 0.330 e. The van der Waals surface area contributed by atoms with Gasteiger partial charge >= 0.3 is 0 Å². The Hall–Kier alpha value is -1.34. The highest BCUT2D eigenvalue weighted by atomic mass is 35.5. The molecule has 1 aliphatic rings. The molecule has 0 spiro atoms. The van der Waals surface area contributed by atoms with E-state index >= 15 is 0 Å². The van der Waals surface area contributed by atoms with Gasteiger partial charge in [-0.1, -0.05) is 31.7 Å². The van der Waals surface area contributed by atoms with E-state index in [2.05, 4.69) is 15.5 Å². The van der Waals surface area contributed by atoms with Crippen LogP contribution in [0.3, 0.4) is 0 Å². The van der Waals surface area contributed by atoms with Gasteiger partial charge in [-0.3, -0.25) is 14.5 Å². The van der Waals surface area contributed by atoms with Crippen molar-refractivity contribution in [2.45, 2.75) is 57.8 Å². The van der Waals surface area contributed by atoms with Gasteiger partial charge in [0.2, 0.25) is 11.8 Å². The summed E-state index contributed by atoms with van der Waals surface area (Å²) in [7, 11) is 0. The molecule has 166 valence electrons. The Morgan fingerprint density at radius 2 is 1.45 bits per heavy atom. The molecule has 1 aliphatic heterocycles. The Labute approximate surface area is 187 Å². The van der Waals surface area contributed by atoms with Crippen LogP contribution in [0.25, 0.3) is 0 Å². The molecular weight excluding hydrogens is 411 g/mol. The highest BCUT2D eigenvalue weighted by molar-refractivity contribution is 5.94. The van der Waals surface area contributed by atoms with Crippen LogP contribution < -0.4 is 16.4 Å². The van der Waals surface area contributed by atoms with Crippen molar-refractivity contribution < 1.29 is 9.59 Å². The minimum Gasteiger partial charge on any atom is -0.330 e. The highest BCUT2D eigenvalue weighted by Gasteiger charge is 2.13. The van der Waals surface area contributed by atoms with Crippen LogP contribution in [0.2, 0.25) is 0 Å². The first-order valence-corrected chi connectivity index (χ1v) is 10.3. The van der Waals surface area contributed by atoms with Crippen molar-refractivity contribution in [2.24, 2.45) is 5.73 Å². The van der Waals surface area contributed by atoms with Gasteiger partial charge in [0.05, 0.1) is 6.54 Å². The third kappa shape index (κ3) is 12.1. The van der Waals surface area contributed by atoms with E-state index in [1.165, 1.54) is 25.7 Å². The van der Waals surface area contributed by atoms with Gasteiger partial charge in [0.1, 0.15) is 0 Å². The zero-order valence-electron chi connectivity index (χ0n) is 17.2. The quantitative estimate of drug-likeness (QED) is 0.470. The molecule has 4 N–H and O–H groups in total. The fourth-order valence-electron chi connectivity index (χ4n) is 3.38. The maximum absolute atomic E-state index is 12.3. The molecule has 0 saturated carbocycles. The van der Waals surface area contributed by atoms with E-state index < -0.39 is 0 Å². The summed E-state index contributed by atoms with van der Waals surface area (Å²) in [5, 5.41) is 5.86. The van der Waals surface area contributed by atoms with Crippen molar-refractivity contribution in [1.29, 1.82) is 0 Å². The molecule has 0 atom stereocenters. The molecule has 29 heavy (non-hydrogen) atoms. The number of carbonyl (C=O) groups is 2. The van der Waals surface area contributed by atoms with Crippen molar-refractivity contribution in [3.8, 4) is 0 Å². The standard InChI is InChI=1S/C21H34N4O2.2ClH/c22-13-6-2-1-5-12-20(26)23-18-10-9-11-19(16-18)24-21(27)17-25-14-7-3-4-8-15-25;;/h9-11,16H,1-8,12-15,17,22H2,(H,23,26)(H,24,27);2*1H. The SMILES string of the molecule is Cl.Cl.NCCCCCCC(=O)Nc1cccc(NC(=O)CN2CCCCCC2)c1. The molecule has 1 aromatic carbocycles. The molecule has 2 rings (SSSR count). The minimum atomic E-state index is 0. The number of nitrogens with one attached hydrogen (secondary N) is 2. The molecule has 0 aromatic heterocycles. The zero-order valence-corrected chi connectivity index (χ0v) is 18.8. The van der Waals surface area contributed by atoms with E-state index in [0.29, 0.717) is 19.5 Å². The number of unbranched alkanes of at least 4 members (excludes halogenated alkanes) is 3. The summed E-state index contributed by atoms with van der Waals surface area (Å²) in [4.78, 5) is 26.6. The Morgan fingerprint density at radius 3 is 2.07 bits per heavy atom. The van der Waals surface area contributed by atoms with Crippen LogP contribution >= 0.6 is 24.8 Å². The van der Waals surface area contributed by atoms with Crippen LogP contribution in [0.1, 0.15) is 57.8 Å². The second-order valence-electron chi connectivity index (χ2n) is 7.32. The molecule has 0 aliphatic carbocycles. The van der Waals surface area contributed by atoms with Crippen LogP contribution in [0.5, 0.6) is 0 Å². The van der Waals surface area contributed by atoms with Gasteiger partial charge in [0, 0.05) is 17.8 Å². The van der Waals surface area contributed by atoms with Crippen LogP contribution in [0, 0.1) is 0 Å². The maximum Gasteiger partial charge on any atom is 0.238 e. The van der Waals surface area contributed by atoms with Crippen LogP contribution in [-0.2, 0) is 9.59 Å². The molecule has 1 aromatic rings. The lowest BCUT2D eigenvalue weighted by Gasteiger charge is -2.19. The molecular formula is C21H36Cl2N4O2. The minimum absolute atomic E-state index is 0. The summed E-state index contributed by atoms with van der Waals surface area (Å²) >= 11 is 0. The van der Waals surface area contributed by atoms with E-state index in [1.54, 1.807) is 0 Å². The van der Waals surface area contributed by atoms with Gasteiger partial charge in [-0.25, -0.2) is 0 Å². The predicted molar refractivity (Wildman–Crippen MR) is 125 cm³/mol. The van der Waals surface area contributed by atoms with Gasteiger partial charge in [-0.05, 0) is 63.5 Å². The zero-order chi connectivity index (χ0) is 19.3. The molecule has 1 saturated heterocycles. The fourth-order valence-corrected chi connectivity index (χ4v) is 3.38. The first-order chi connectivity index (χ1) is 13.2. The summed E-state index contributed by atoms with van der Waals surface area (Å²) in [5.41, 5.74) is 6.90. The van der Waals surface area contributed by atoms with Crippen molar-refractivity contribution in [2.75, 3.05) is 36.8 Å². The van der Waals surface area contributed by atoms with Gasteiger partial charge in [0.25, 0.3) is 0 Å². The van der Waals surface area contributed by atoms with Gasteiger partial charge in [-0.15, -0.1) is 24.8 Å². The summed E-state index contributed by atoms with van der Waals surface area (Å²) in [5.74, 6) is 0.0103. The first kappa shape index (κ1) is 27.7. The summed E-state index contributed by atoms with van der Waals surface area (Å²) in [6.45, 7) is 3.13. The fraction of sp³-hybridized carbons (Fsp3) is 0.619. The molecule has 1 heterocycles. The molecule has 8 heteroatoms. The second kappa shape index (κ2) is 16.5. The average Bonchev–Trinajstić information content (AvgIpc) is 2.90. The number of nitrogens with zero attached hydrogens (tertiary/aromatic N) is 1. The molecule has 2 amide bonds. The molecule has 0 unspecified atom stereocenters. The van der Waals surface area contributed by atoms with Crippen LogP contribution in [0.15, 0.2) is 24.3 Å². The van der Waals surface area contributed by atoms with Crippen LogP contribution in [0.4, 0.5) is 11.4 Å². The second-order valence-corrected chi connectivity index (χ2v) is 7.32. The van der Waals surface area contributed by atoms with E-state index in [-0.39, 0.29) is 36.6 Å². The van der Waals surface area contributed by atoms with E-state index in [4.69, 9.17) is 5.73 Å². The van der Waals surface area contributed by atoms with Crippen LogP contribution in [-0.4, -0.2) is 42.9 Å². The molecule has 0 radical (unpaired) electrons. The predicted octanol–water partition coefficient (Wildman–Crippen LogP) is 4.19. The van der Waals surface area contributed by atoms with Gasteiger partial charge < -0.3 is 16.4 Å². The third-order valence-electron chi connectivity index (χ3n) is 4.85. The van der Waals surface area contributed by atoms with Crippen molar-refractivity contribution in [3.63, 3.8) is 0 Å². The molecule has 1 fully saturated rings. The van der Waals surface area contributed by atoms with E-state index in [9.17, 15) is 9.59 Å². The smallest absolute Gasteiger partial charge is 0.238 e. The van der Waals surface area contributed by atoms with Gasteiger partial charge in [0.15, 0.2) is 0 Å². The lowest BCUT2D eigenvalue weighted by Crippen LogP contribution is -2.33. The number of hydrogen-bond acceptors (Lipinski definition) is 4. The number of hydrogen-bond donors (Lipinski definition) is 3. The number of halogens is 2. The van der Waals surface area contributed by atoms with Gasteiger partial charge in [-0.2, -0.15) is 0 Å². The Balaban J connectivity index is 0.00000392. The lowest BCUT2D eigenvalue weighted by atomic mass is 10.1. The summed E-state index contributed by atoms with van der Waals surface area (Å²) < 4.78 is 0. The normalized spacial score (nSPS) is 14.1. The maximum atomic E-state index is 12.3. The number of benzene rings is 1. The van der Waals surface area contributed by atoms with Crippen molar-refractivity contribution >= 4 is 48.0 Å². The number of amides is 2. The number of likely N-dealkylation sites (tertiary alicyclic amines) is 1. The number of anilines is 2. The van der Waals surface area contributed by atoms with E-state index in [1.807, 2.05) is 24.3 Å². The number of rotatable bonds is 10. The number of nitrogens with two attached hydrogens (primary N) is 1. The highest BCUT2D eigenvalue weighted by Crippen LogP contribution is 2.16. The Kier molecular flexibility index (Phi) is 15.7.